The summed E-state index contributed by atoms with van der Waals surface area (Å²) in [6.45, 7) is 2.16. The van der Waals surface area contributed by atoms with E-state index in [-0.39, 0.29) is 12.2 Å². The fourth-order valence-electron chi connectivity index (χ4n) is 3.18. The molecule has 2 aromatic carbocycles. The molecule has 2 unspecified atom stereocenters. The van der Waals surface area contributed by atoms with E-state index in [0.717, 1.165) is 30.1 Å². The van der Waals surface area contributed by atoms with Crippen LogP contribution in [0.3, 0.4) is 0 Å². The van der Waals surface area contributed by atoms with Crippen LogP contribution in [0.15, 0.2) is 66.7 Å². The molecular formula is C23H26ClNO5. The lowest BCUT2D eigenvalue weighted by atomic mass is 10.0. The number of carboxylic acids is 2. The SMILES string of the molecule is CN1CCCC(OC(c2ccccc2)c2ccc(Cl)cc2)C1.O=C(O)/C=C\C(=O)O. The van der Waals surface area contributed by atoms with Crippen molar-refractivity contribution in [2.75, 3.05) is 20.1 Å². The molecule has 0 aliphatic carbocycles. The standard InChI is InChI=1S/C19H22ClNO.C4H4O4/c1-21-13-5-8-18(14-21)22-19(15-6-3-2-4-7-15)16-9-11-17(20)12-10-16;5-3(6)1-2-4(7)8/h2-4,6-7,9-12,18-19H,5,8,13-14H2,1H3;1-2H,(H,5,6)(H,7,8)/b;2-1-. The number of piperidine rings is 1. The van der Waals surface area contributed by atoms with E-state index in [4.69, 9.17) is 26.6 Å². The normalized spacial score (nSPS) is 17.7. The minimum absolute atomic E-state index is 0.0324. The predicted molar refractivity (Wildman–Crippen MR) is 116 cm³/mol. The Kier molecular flexibility index (Phi) is 9.54. The van der Waals surface area contributed by atoms with Gasteiger partial charge in [-0.2, -0.15) is 0 Å². The lowest BCUT2D eigenvalue weighted by molar-refractivity contribution is -0.134. The second-order valence-corrected chi connectivity index (χ2v) is 7.45. The number of aliphatic carboxylic acids is 2. The number of hydrogen-bond acceptors (Lipinski definition) is 4. The highest BCUT2D eigenvalue weighted by molar-refractivity contribution is 6.30. The van der Waals surface area contributed by atoms with E-state index in [1.54, 1.807) is 0 Å². The van der Waals surface area contributed by atoms with Gasteiger partial charge < -0.3 is 19.8 Å². The molecule has 2 N–H and O–H groups in total. The van der Waals surface area contributed by atoms with Gasteiger partial charge >= 0.3 is 11.9 Å². The average Bonchev–Trinajstić information content (AvgIpc) is 2.72. The van der Waals surface area contributed by atoms with E-state index in [0.29, 0.717) is 12.2 Å². The molecule has 1 heterocycles. The summed E-state index contributed by atoms with van der Waals surface area (Å²) in [5.41, 5.74) is 2.35. The average molecular weight is 432 g/mol. The van der Waals surface area contributed by atoms with Crippen molar-refractivity contribution in [1.29, 1.82) is 0 Å². The summed E-state index contributed by atoms with van der Waals surface area (Å²) < 4.78 is 6.49. The molecule has 6 nitrogen and oxygen atoms in total. The van der Waals surface area contributed by atoms with Crippen LogP contribution in [0.5, 0.6) is 0 Å². The number of rotatable bonds is 6. The van der Waals surface area contributed by atoms with Crippen LogP contribution in [0.2, 0.25) is 5.02 Å². The molecule has 0 saturated carbocycles. The summed E-state index contributed by atoms with van der Waals surface area (Å²) >= 11 is 6.03. The molecule has 3 rings (SSSR count). The van der Waals surface area contributed by atoms with E-state index >= 15 is 0 Å². The molecule has 1 saturated heterocycles. The fraction of sp³-hybridized carbons (Fsp3) is 0.304. The van der Waals surface area contributed by atoms with Crippen molar-refractivity contribution < 1.29 is 24.5 Å². The van der Waals surface area contributed by atoms with Crippen LogP contribution in [0.25, 0.3) is 0 Å². The van der Waals surface area contributed by atoms with Crippen molar-refractivity contribution in [3.8, 4) is 0 Å². The molecule has 160 valence electrons. The van der Waals surface area contributed by atoms with E-state index < -0.39 is 11.9 Å². The maximum atomic E-state index is 9.55. The summed E-state index contributed by atoms with van der Waals surface area (Å²) in [6, 6.07) is 18.4. The van der Waals surface area contributed by atoms with E-state index in [1.807, 2.05) is 18.2 Å². The highest BCUT2D eigenvalue weighted by atomic mass is 35.5. The van der Waals surface area contributed by atoms with Crippen molar-refractivity contribution in [1.82, 2.24) is 4.90 Å². The van der Waals surface area contributed by atoms with Gasteiger partial charge in [-0.15, -0.1) is 0 Å². The second kappa shape index (κ2) is 12.1. The van der Waals surface area contributed by atoms with Crippen LogP contribution in [0.4, 0.5) is 0 Å². The van der Waals surface area contributed by atoms with Gasteiger partial charge in [0.1, 0.15) is 6.10 Å². The van der Waals surface area contributed by atoms with E-state index in [9.17, 15) is 9.59 Å². The predicted octanol–water partition coefficient (Wildman–Crippen LogP) is 4.25. The Morgan fingerprint density at radius 2 is 1.60 bits per heavy atom. The summed E-state index contributed by atoms with van der Waals surface area (Å²) in [6.07, 6.45) is 3.68. The first-order chi connectivity index (χ1) is 14.3. The summed E-state index contributed by atoms with van der Waals surface area (Å²) in [5.74, 6) is -2.51. The third kappa shape index (κ3) is 8.37. The van der Waals surface area contributed by atoms with Gasteiger partial charge in [0, 0.05) is 23.7 Å². The lowest BCUT2D eigenvalue weighted by Crippen LogP contribution is -2.37. The third-order valence-corrected chi connectivity index (χ3v) is 4.81. The molecule has 0 aromatic heterocycles. The highest BCUT2D eigenvalue weighted by Crippen LogP contribution is 2.30. The number of nitrogens with zero attached hydrogens (tertiary/aromatic N) is 1. The summed E-state index contributed by atoms with van der Waals surface area (Å²) in [4.78, 5) is 21.5. The lowest BCUT2D eigenvalue weighted by Gasteiger charge is -2.33. The van der Waals surface area contributed by atoms with Gasteiger partial charge in [-0.3, -0.25) is 0 Å². The summed E-state index contributed by atoms with van der Waals surface area (Å²) in [7, 11) is 2.16. The first kappa shape index (κ1) is 23.6. The Bertz CT molecular complexity index is 822. The van der Waals surface area contributed by atoms with E-state index in [2.05, 4.69) is 48.3 Å². The Hall–Kier alpha value is -2.67. The van der Waals surface area contributed by atoms with Crippen molar-refractivity contribution in [2.24, 2.45) is 0 Å². The smallest absolute Gasteiger partial charge is 0.328 e. The van der Waals surface area contributed by atoms with Crippen molar-refractivity contribution >= 4 is 23.5 Å². The summed E-state index contributed by atoms with van der Waals surface area (Å²) in [5, 5.41) is 16.4. The number of carbonyl (C=O) groups is 2. The van der Waals surface area contributed by atoms with Crippen molar-refractivity contribution in [3.05, 3.63) is 82.9 Å². The molecule has 1 fully saturated rings. The van der Waals surface area contributed by atoms with Crippen LogP contribution < -0.4 is 0 Å². The van der Waals surface area contributed by atoms with Crippen LogP contribution in [-0.4, -0.2) is 53.3 Å². The largest absolute Gasteiger partial charge is 0.478 e. The molecule has 2 atom stereocenters. The Morgan fingerprint density at radius 1 is 1.03 bits per heavy atom. The molecule has 0 amide bonds. The highest BCUT2D eigenvalue weighted by Gasteiger charge is 2.23. The van der Waals surface area contributed by atoms with Gasteiger partial charge in [-0.25, -0.2) is 9.59 Å². The van der Waals surface area contributed by atoms with Gasteiger partial charge in [0.25, 0.3) is 0 Å². The Labute approximate surface area is 181 Å². The molecule has 7 heteroatoms. The maximum Gasteiger partial charge on any atom is 0.328 e. The van der Waals surface area contributed by atoms with E-state index in [1.165, 1.54) is 12.0 Å². The first-order valence-corrected chi connectivity index (χ1v) is 10.0. The number of likely N-dealkylation sites (tertiary alicyclic amines) is 1. The quantitative estimate of drug-likeness (QED) is 0.665. The molecule has 30 heavy (non-hydrogen) atoms. The minimum atomic E-state index is -1.26. The second-order valence-electron chi connectivity index (χ2n) is 7.01. The van der Waals surface area contributed by atoms with Crippen LogP contribution in [0, 0.1) is 0 Å². The zero-order valence-electron chi connectivity index (χ0n) is 16.8. The van der Waals surface area contributed by atoms with Gasteiger partial charge in [-0.05, 0) is 49.7 Å². The van der Waals surface area contributed by atoms with Crippen molar-refractivity contribution in [2.45, 2.75) is 25.0 Å². The number of benzene rings is 2. The first-order valence-electron chi connectivity index (χ1n) is 9.63. The molecule has 2 aromatic rings. The number of hydrogen-bond donors (Lipinski definition) is 2. The van der Waals surface area contributed by atoms with Crippen LogP contribution in [0.1, 0.15) is 30.1 Å². The fourth-order valence-corrected chi connectivity index (χ4v) is 3.31. The molecule has 0 bridgehead atoms. The van der Waals surface area contributed by atoms with Crippen molar-refractivity contribution in [3.63, 3.8) is 0 Å². The number of ether oxygens (including phenoxy) is 1. The number of likely N-dealkylation sites (N-methyl/N-ethyl adjacent to an activating group) is 1. The van der Waals surface area contributed by atoms with Gasteiger partial charge in [0.05, 0.1) is 6.10 Å². The molecule has 0 radical (unpaired) electrons. The third-order valence-electron chi connectivity index (χ3n) is 4.55. The Morgan fingerprint density at radius 3 is 2.13 bits per heavy atom. The van der Waals surface area contributed by atoms with Crippen LogP contribution in [-0.2, 0) is 14.3 Å². The van der Waals surface area contributed by atoms with Gasteiger partial charge in [-0.1, -0.05) is 54.1 Å². The van der Waals surface area contributed by atoms with Crippen LogP contribution >= 0.6 is 11.6 Å². The zero-order valence-corrected chi connectivity index (χ0v) is 17.5. The number of halogens is 1. The van der Waals surface area contributed by atoms with Gasteiger partial charge in [0.15, 0.2) is 0 Å². The molecule has 1 aliphatic rings. The topological polar surface area (TPSA) is 87.1 Å². The monoisotopic (exact) mass is 431 g/mol. The zero-order chi connectivity index (χ0) is 21.9. The Balaban J connectivity index is 0.000000343. The minimum Gasteiger partial charge on any atom is -0.478 e. The number of carboxylic acid groups (broad SMARTS) is 2. The molecular weight excluding hydrogens is 406 g/mol. The van der Waals surface area contributed by atoms with Gasteiger partial charge in [0.2, 0.25) is 0 Å². The maximum absolute atomic E-state index is 9.55. The molecule has 1 aliphatic heterocycles. The molecule has 0 spiro atoms.